The largest absolute Gasteiger partial charge is 0.462 e. The van der Waals surface area contributed by atoms with Crippen LogP contribution in [0.25, 0.3) is 0 Å². The van der Waals surface area contributed by atoms with Gasteiger partial charge >= 0.3 is 5.97 Å². The zero-order valence-electron chi connectivity index (χ0n) is 14.7. The highest BCUT2D eigenvalue weighted by atomic mass is 32.2. The summed E-state index contributed by atoms with van der Waals surface area (Å²) in [7, 11) is 0. The SMILES string of the molecule is CCCSc1nnc(SCC(=O)c2c(C)[nH]c(C)c2C(=O)OCC)s1. The van der Waals surface area contributed by atoms with E-state index in [2.05, 4.69) is 22.1 Å². The van der Waals surface area contributed by atoms with Gasteiger partial charge in [-0.25, -0.2) is 4.79 Å². The highest BCUT2D eigenvalue weighted by molar-refractivity contribution is 8.03. The minimum absolute atomic E-state index is 0.118. The number of nitrogens with one attached hydrogen (secondary N) is 1. The van der Waals surface area contributed by atoms with E-state index in [1.165, 1.54) is 23.1 Å². The second-order valence-electron chi connectivity index (χ2n) is 5.24. The maximum absolute atomic E-state index is 12.7. The highest BCUT2D eigenvalue weighted by Crippen LogP contribution is 2.30. The van der Waals surface area contributed by atoms with Crippen LogP contribution in [0.5, 0.6) is 0 Å². The number of ether oxygens (including phenoxy) is 1. The molecule has 0 aromatic carbocycles. The van der Waals surface area contributed by atoms with Crippen molar-refractivity contribution in [1.82, 2.24) is 15.2 Å². The fourth-order valence-corrected chi connectivity index (χ4v) is 5.11. The van der Waals surface area contributed by atoms with E-state index in [4.69, 9.17) is 4.74 Å². The van der Waals surface area contributed by atoms with E-state index in [1.807, 2.05) is 0 Å². The molecule has 0 unspecified atom stereocenters. The predicted molar refractivity (Wildman–Crippen MR) is 102 cm³/mol. The minimum Gasteiger partial charge on any atom is -0.462 e. The van der Waals surface area contributed by atoms with Gasteiger partial charge in [-0.05, 0) is 27.2 Å². The zero-order valence-corrected chi connectivity index (χ0v) is 17.1. The number of rotatable bonds is 9. The van der Waals surface area contributed by atoms with Crippen molar-refractivity contribution in [1.29, 1.82) is 0 Å². The molecule has 0 bridgehead atoms. The average Bonchev–Trinajstić information content (AvgIpc) is 3.14. The Morgan fingerprint density at radius 3 is 2.36 bits per heavy atom. The lowest BCUT2D eigenvalue weighted by Crippen LogP contribution is -2.13. The van der Waals surface area contributed by atoms with E-state index in [0.717, 1.165) is 20.9 Å². The first-order chi connectivity index (χ1) is 12.0. The number of thioether (sulfide) groups is 2. The fourth-order valence-electron chi connectivity index (χ4n) is 2.29. The molecular weight excluding hydrogens is 378 g/mol. The molecule has 0 aliphatic rings. The van der Waals surface area contributed by atoms with Crippen molar-refractivity contribution in [3.63, 3.8) is 0 Å². The quantitative estimate of drug-likeness (QED) is 0.385. The van der Waals surface area contributed by atoms with Gasteiger partial charge in [0.15, 0.2) is 14.5 Å². The summed E-state index contributed by atoms with van der Waals surface area (Å²) in [5, 5.41) is 8.22. The number of ketones is 1. The Morgan fingerprint density at radius 1 is 1.08 bits per heavy atom. The van der Waals surface area contributed by atoms with E-state index in [-0.39, 0.29) is 18.1 Å². The number of aromatic amines is 1. The molecule has 0 saturated heterocycles. The predicted octanol–water partition coefficient (Wildman–Crippen LogP) is 4.14. The molecule has 136 valence electrons. The van der Waals surface area contributed by atoms with Gasteiger partial charge in [0.2, 0.25) is 0 Å². The van der Waals surface area contributed by atoms with E-state index in [0.29, 0.717) is 22.5 Å². The number of esters is 1. The number of carbonyl (C=O) groups is 2. The molecule has 2 aromatic rings. The van der Waals surface area contributed by atoms with Gasteiger partial charge in [0.25, 0.3) is 0 Å². The third kappa shape index (κ3) is 5.08. The van der Waals surface area contributed by atoms with Crippen LogP contribution >= 0.6 is 34.9 Å². The number of hydrogen-bond donors (Lipinski definition) is 1. The Hall–Kier alpha value is -1.32. The lowest BCUT2D eigenvalue weighted by atomic mass is 10.1. The highest BCUT2D eigenvalue weighted by Gasteiger charge is 2.25. The molecule has 0 amide bonds. The Kier molecular flexibility index (Phi) is 7.52. The first-order valence-electron chi connectivity index (χ1n) is 7.96. The van der Waals surface area contributed by atoms with Gasteiger partial charge in [-0.15, -0.1) is 10.2 Å². The van der Waals surface area contributed by atoms with Crippen molar-refractivity contribution in [2.24, 2.45) is 0 Å². The van der Waals surface area contributed by atoms with Crippen molar-refractivity contribution in [3.8, 4) is 0 Å². The van der Waals surface area contributed by atoms with Crippen LogP contribution in [0.15, 0.2) is 8.68 Å². The number of aromatic nitrogens is 3. The zero-order chi connectivity index (χ0) is 18.4. The maximum Gasteiger partial charge on any atom is 0.340 e. The number of carbonyl (C=O) groups excluding carboxylic acids is 2. The van der Waals surface area contributed by atoms with E-state index in [1.54, 1.807) is 32.5 Å². The molecule has 9 heteroatoms. The molecule has 6 nitrogen and oxygen atoms in total. The van der Waals surface area contributed by atoms with Crippen molar-refractivity contribution >= 4 is 46.6 Å². The van der Waals surface area contributed by atoms with Crippen LogP contribution in [0.4, 0.5) is 0 Å². The lowest BCUT2D eigenvalue weighted by Gasteiger charge is -2.05. The molecular formula is C16H21N3O3S3. The summed E-state index contributed by atoms with van der Waals surface area (Å²) >= 11 is 4.51. The second kappa shape index (κ2) is 9.40. The van der Waals surface area contributed by atoms with E-state index >= 15 is 0 Å². The van der Waals surface area contributed by atoms with Gasteiger partial charge < -0.3 is 9.72 Å². The van der Waals surface area contributed by atoms with Gasteiger partial charge in [0, 0.05) is 17.1 Å². The Morgan fingerprint density at radius 2 is 1.72 bits per heavy atom. The summed E-state index contributed by atoms with van der Waals surface area (Å²) < 4.78 is 6.75. The van der Waals surface area contributed by atoms with E-state index < -0.39 is 5.97 Å². The van der Waals surface area contributed by atoms with Crippen LogP contribution in [-0.4, -0.2) is 45.0 Å². The lowest BCUT2D eigenvalue weighted by molar-refractivity contribution is 0.0522. The summed E-state index contributed by atoms with van der Waals surface area (Å²) in [6.07, 6.45) is 1.08. The minimum atomic E-state index is -0.466. The van der Waals surface area contributed by atoms with Gasteiger partial charge in [0.05, 0.1) is 23.5 Å². The summed E-state index contributed by atoms with van der Waals surface area (Å²) in [4.78, 5) is 27.9. The van der Waals surface area contributed by atoms with Crippen LogP contribution < -0.4 is 0 Å². The fraction of sp³-hybridized carbons (Fsp3) is 0.500. The number of Topliss-reactive ketones (excluding diaryl/α,β-unsaturated/α-hetero) is 1. The van der Waals surface area contributed by atoms with Crippen molar-refractivity contribution in [3.05, 3.63) is 22.5 Å². The van der Waals surface area contributed by atoms with Crippen LogP contribution in [0, 0.1) is 13.8 Å². The molecule has 25 heavy (non-hydrogen) atoms. The molecule has 0 radical (unpaired) electrons. The Balaban J connectivity index is 2.08. The molecule has 0 saturated carbocycles. The Bertz CT molecular complexity index is 755. The van der Waals surface area contributed by atoms with Gasteiger partial charge in [-0.1, -0.05) is 41.8 Å². The number of hydrogen-bond acceptors (Lipinski definition) is 8. The second-order valence-corrected chi connectivity index (χ2v) is 8.78. The van der Waals surface area contributed by atoms with E-state index in [9.17, 15) is 9.59 Å². The number of aryl methyl sites for hydroxylation is 2. The standard InChI is InChI=1S/C16H21N3O3S3/c1-5-7-23-15-18-19-16(25-15)24-8-11(20)12-9(3)17-10(4)13(12)14(21)22-6-2/h17H,5-8H2,1-4H3. The smallest absolute Gasteiger partial charge is 0.340 e. The molecule has 0 fully saturated rings. The summed E-state index contributed by atoms with van der Waals surface area (Å²) in [6, 6.07) is 0. The van der Waals surface area contributed by atoms with Crippen molar-refractivity contribution < 1.29 is 14.3 Å². The summed E-state index contributed by atoms with van der Waals surface area (Å²) in [5.41, 5.74) is 2.08. The third-order valence-electron chi connectivity index (χ3n) is 3.28. The van der Waals surface area contributed by atoms with Crippen LogP contribution in [-0.2, 0) is 4.74 Å². The molecule has 1 N–H and O–H groups in total. The van der Waals surface area contributed by atoms with Crippen LogP contribution in [0.3, 0.4) is 0 Å². The maximum atomic E-state index is 12.7. The topological polar surface area (TPSA) is 84.9 Å². The van der Waals surface area contributed by atoms with Gasteiger partial charge in [-0.2, -0.15) is 0 Å². The van der Waals surface area contributed by atoms with Gasteiger partial charge in [-0.3, -0.25) is 4.79 Å². The average molecular weight is 400 g/mol. The molecule has 2 rings (SSSR count). The number of nitrogens with zero attached hydrogens (tertiary/aromatic N) is 2. The molecule has 0 atom stereocenters. The molecule has 0 aliphatic carbocycles. The Labute approximate surface area is 159 Å². The molecule has 0 aliphatic heterocycles. The summed E-state index contributed by atoms with van der Waals surface area (Å²) in [5.74, 6) is 0.625. The molecule has 0 spiro atoms. The first kappa shape index (κ1) is 20.0. The van der Waals surface area contributed by atoms with Crippen LogP contribution in [0.2, 0.25) is 0 Å². The monoisotopic (exact) mass is 399 g/mol. The third-order valence-corrected chi connectivity index (χ3v) is 6.67. The number of H-pyrrole nitrogens is 1. The molecule has 2 aromatic heterocycles. The van der Waals surface area contributed by atoms with Gasteiger partial charge in [0.1, 0.15) is 0 Å². The van der Waals surface area contributed by atoms with Crippen molar-refractivity contribution in [2.45, 2.75) is 42.8 Å². The summed E-state index contributed by atoms with van der Waals surface area (Å²) in [6.45, 7) is 7.69. The van der Waals surface area contributed by atoms with Crippen LogP contribution in [0.1, 0.15) is 52.4 Å². The molecule has 2 heterocycles. The first-order valence-corrected chi connectivity index (χ1v) is 10.7. The van der Waals surface area contributed by atoms with Crippen molar-refractivity contribution in [2.75, 3.05) is 18.1 Å². The normalized spacial score (nSPS) is 10.9.